The highest BCUT2D eigenvalue weighted by atomic mass is 15.2. The van der Waals surface area contributed by atoms with Crippen LogP contribution in [0, 0.1) is 12.3 Å². The van der Waals surface area contributed by atoms with Crippen molar-refractivity contribution in [2.75, 3.05) is 23.7 Å². The van der Waals surface area contributed by atoms with Crippen molar-refractivity contribution in [3.8, 4) is 0 Å². The highest BCUT2D eigenvalue weighted by Gasteiger charge is 2.29. The van der Waals surface area contributed by atoms with E-state index < -0.39 is 0 Å². The van der Waals surface area contributed by atoms with E-state index in [1.165, 1.54) is 12.1 Å². The maximum atomic E-state index is 5.93. The summed E-state index contributed by atoms with van der Waals surface area (Å²) in [7, 11) is 0. The molecule has 1 saturated heterocycles. The van der Waals surface area contributed by atoms with E-state index in [1.54, 1.807) is 0 Å². The van der Waals surface area contributed by atoms with Crippen molar-refractivity contribution in [1.82, 2.24) is 0 Å². The van der Waals surface area contributed by atoms with Crippen LogP contribution in [-0.2, 0) is 0 Å². The van der Waals surface area contributed by atoms with Gasteiger partial charge in [-0.1, -0.05) is 19.9 Å². The molecule has 1 aliphatic rings. The molecule has 0 aliphatic carbocycles. The molecule has 2 nitrogen and oxygen atoms in total. The number of nitrogen functional groups attached to an aromatic ring is 1. The lowest BCUT2D eigenvalue weighted by Crippen LogP contribution is -2.22. The molecule has 2 rings (SSSR count). The number of hydrogen-bond acceptors (Lipinski definition) is 2. The van der Waals surface area contributed by atoms with Gasteiger partial charge in [0.2, 0.25) is 0 Å². The predicted molar refractivity (Wildman–Crippen MR) is 66.2 cm³/mol. The van der Waals surface area contributed by atoms with Gasteiger partial charge in [0, 0.05) is 24.5 Å². The molecule has 0 bridgehead atoms. The fourth-order valence-corrected chi connectivity index (χ4v) is 2.16. The first-order valence-electron chi connectivity index (χ1n) is 5.59. The average Bonchev–Trinajstić information content (AvgIpc) is 2.51. The Bertz CT molecular complexity index is 369. The Kier molecular flexibility index (Phi) is 2.37. The summed E-state index contributed by atoms with van der Waals surface area (Å²) in [6.07, 6.45) is 1.26. The van der Waals surface area contributed by atoms with Crippen molar-refractivity contribution in [2.24, 2.45) is 5.41 Å². The zero-order chi connectivity index (χ0) is 11.1. The van der Waals surface area contributed by atoms with Gasteiger partial charge in [0.25, 0.3) is 0 Å². The molecule has 0 unspecified atom stereocenters. The van der Waals surface area contributed by atoms with E-state index in [9.17, 15) is 0 Å². The molecule has 0 saturated carbocycles. The van der Waals surface area contributed by atoms with Crippen LogP contribution in [-0.4, -0.2) is 13.1 Å². The van der Waals surface area contributed by atoms with Gasteiger partial charge in [-0.15, -0.1) is 0 Å². The molecule has 2 N–H and O–H groups in total. The maximum Gasteiger partial charge on any atom is 0.0387 e. The molecule has 0 radical (unpaired) electrons. The molecule has 1 aliphatic heterocycles. The lowest BCUT2D eigenvalue weighted by molar-refractivity contribution is 0.418. The fraction of sp³-hybridized carbons (Fsp3) is 0.538. The quantitative estimate of drug-likeness (QED) is 0.713. The molecule has 0 amide bonds. The van der Waals surface area contributed by atoms with Gasteiger partial charge in [-0.3, -0.25) is 0 Å². The molecule has 2 heteroatoms. The van der Waals surface area contributed by atoms with Gasteiger partial charge in [0.15, 0.2) is 0 Å². The molecule has 0 spiro atoms. The average molecular weight is 204 g/mol. The number of nitrogens with two attached hydrogens (primary N) is 1. The number of hydrogen-bond donors (Lipinski definition) is 1. The standard InChI is InChI=1S/C13H20N2/c1-10-4-5-11(8-12(10)14)15-7-6-13(2,3)9-15/h4-5,8H,6-7,9,14H2,1-3H3. The van der Waals surface area contributed by atoms with Crippen molar-refractivity contribution in [3.05, 3.63) is 23.8 Å². The number of anilines is 2. The van der Waals surface area contributed by atoms with E-state index in [2.05, 4.69) is 36.9 Å². The van der Waals surface area contributed by atoms with Crippen molar-refractivity contribution in [3.63, 3.8) is 0 Å². The Morgan fingerprint density at radius 3 is 2.60 bits per heavy atom. The van der Waals surface area contributed by atoms with Crippen LogP contribution in [0.15, 0.2) is 18.2 Å². The van der Waals surface area contributed by atoms with E-state index in [-0.39, 0.29) is 0 Å². The Labute approximate surface area is 92.1 Å². The zero-order valence-electron chi connectivity index (χ0n) is 9.88. The van der Waals surface area contributed by atoms with E-state index in [1.807, 2.05) is 6.92 Å². The van der Waals surface area contributed by atoms with Crippen LogP contribution in [0.4, 0.5) is 11.4 Å². The second-order valence-electron chi connectivity index (χ2n) is 5.38. The van der Waals surface area contributed by atoms with E-state index in [0.29, 0.717) is 5.41 Å². The third kappa shape index (κ3) is 2.09. The van der Waals surface area contributed by atoms with Gasteiger partial charge in [0.05, 0.1) is 0 Å². The van der Waals surface area contributed by atoms with Crippen molar-refractivity contribution in [1.29, 1.82) is 0 Å². The second kappa shape index (κ2) is 3.44. The van der Waals surface area contributed by atoms with Crippen LogP contribution in [0.5, 0.6) is 0 Å². The van der Waals surface area contributed by atoms with Crippen LogP contribution in [0.2, 0.25) is 0 Å². The van der Waals surface area contributed by atoms with Crippen molar-refractivity contribution in [2.45, 2.75) is 27.2 Å². The lowest BCUT2D eigenvalue weighted by Gasteiger charge is -2.22. The molecular formula is C13H20N2. The normalized spacial score (nSPS) is 19.5. The minimum Gasteiger partial charge on any atom is -0.398 e. The van der Waals surface area contributed by atoms with E-state index in [0.717, 1.165) is 24.3 Å². The monoisotopic (exact) mass is 204 g/mol. The molecular weight excluding hydrogens is 184 g/mol. The summed E-state index contributed by atoms with van der Waals surface area (Å²) in [6.45, 7) is 8.98. The number of benzene rings is 1. The zero-order valence-corrected chi connectivity index (χ0v) is 9.88. The fourth-order valence-electron chi connectivity index (χ4n) is 2.16. The predicted octanol–water partition coefficient (Wildman–Crippen LogP) is 2.81. The van der Waals surface area contributed by atoms with Gasteiger partial charge in [-0.25, -0.2) is 0 Å². The molecule has 1 aromatic carbocycles. The van der Waals surface area contributed by atoms with Gasteiger partial charge in [-0.2, -0.15) is 0 Å². The summed E-state index contributed by atoms with van der Waals surface area (Å²) in [5, 5.41) is 0. The first-order chi connectivity index (χ1) is 6.98. The highest BCUT2D eigenvalue weighted by Crippen LogP contribution is 2.33. The van der Waals surface area contributed by atoms with Crippen molar-refractivity contribution >= 4 is 11.4 Å². The second-order valence-corrected chi connectivity index (χ2v) is 5.38. The molecule has 0 aromatic heterocycles. The SMILES string of the molecule is Cc1ccc(N2CCC(C)(C)C2)cc1N. The third-order valence-corrected chi connectivity index (χ3v) is 3.31. The van der Waals surface area contributed by atoms with Crippen LogP contribution >= 0.6 is 0 Å². The first kappa shape index (κ1) is 10.3. The lowest BCUT2D eigenvalue weighted by atomic mass is 9.93. The molecule has 15 heavy (non-hydrogen) atoms. The first-order valence-corrected chi connectivity index (χ1v) is 5.59. The number of rotatable bonds is 1. The summed E-state index contributed by atoms with van der Waals surface area (Å²) in [6, 6.07) is 6.37. The van der Waals surface area contributed by atoms with Crippen molar-refractivity contribution < 1.29 is 0 Å². The molecule has 1 heterocycles. The summed E-state index contributed by atoms with van der Waals surface area (Å²) in [4.78, 5) is 2.43. The Morgan fingerprint density at radius 1 is 1.33 bits per heavy atom. The third-order valence-electron chi connectivity index (χ3n) is 3.31. The Morgan fingerprint density at radius 2 is 2.07 bits per heavy atom. The van der Waals surface area contributed by atoms with Crippen LogP contribution in [0.3, 0.4) is 0 Å². The number of nitrogens with zero attached hydrogens (tertiary/aromatic N) is 1. The maximum absolute atomic E-state index is 5.93. The highest BCUT2D eigenvalue weighted by molar-refractivity contribution is 5.60. The largest absolute Gasteiger partial charge is 0.398 e. The van der Waals surface area contributed by atoms with E-state index >= 15 is 0 Å². The van der Waals surface area contributed by atoms with Gasteiger partial charge >= 0.3 is 0 Å². The van der Waals surface area contributed by atoms with Gasteiger partial charge in [-0.05, 0) is 36.5 Å². The Balaban J connectivity index is 2.21. The summed E-state index contributed by atoms with van der Waals surface area (Å²) in [5.41, 5.74) is 9.70. The molecule has 1 aromatic rings. The molecule has 1 fully saturated rings. The topological polar surface area (TPSA) is 29.3 Å². The minimum absolute atomic E-state index is 0.444. The molecule has 0 atom stereocenters. The summed E-state index contributed by atoms with van der Waals surface area (Å²) >= 11 is 0. The summed E-state index contributed by atoms with van der Waals surface area (Å²) in [5.74, 6) is 0. The smallest absolute Gasteiger partial charge is 0.0387 e. The summed E-state index contributed by atoms with van der Waals surface area (Å²) < 4.78 is 0. The van der Waals surface area contributed by atoms with Crippen LogP contribution in [0.25, 0.3) is 0 Å². The van der Waals surface area contributed by atoms with Crippen LogP contribution < -0.4 is 10.6 Å². The Hall–Kier alpha value is -1.18. The minimum atomic E-state index is 0.444. The van der Waals surface area contributed by atoms with Gasteiger partial charge in [0.1, 0.15) is 0 Å². The molecule has 82 valence electrons. The number of aryl methyl sites for hydroxylation is 1. The van der Waals surface area contributed by atoms with Crippen LogP contribution in [0.1, 0.15) is 25.8 Å². The van der Waals surface area contributed by atoms with Gasteiger partial charge < -0.3 is 10.6 Å². The van der Waals surface area contributed by atoms with E-state index in [4.69, 9.17) is 5.73 Å².